The molecule has 0 unspecified atom stereocenters. The molecule has 0 atom stereocenters. The van der Waals surface area contributed by atoms with Crippen LogP contribution in [0, 0.1) is 0 Å². The summed E-state index contributed by atoms with van der Waals surface area (Å²) in [7, 11) is -3.70. The van der Waals surface area contributed by atoms with Gasteiger partial charge < -0.3 is 9.73 Å². The topological polar surface area (TPSA) is 106 Å². The predicted octanol–water partition coefficient (Wildman–Crippen LogP) is 3.20. The summed E-state index contributed by atoms with van der Waals surface area (Å²) in [4.78, 5) is 12.6. The van der Waals surface area contributed by atoms with Crippen LogP contribution in [0.2, 0.25) is 0 Å². The molecular weight excluding hydrogens is 404 g/mol. The minimum Gasteiger partial charge on any atom is -0.468 e. The van der Waals surface area contributed by atoms with Gasteiger partial charge in [0.1, 0.15) is 5.76 Å². The number of rotatable bonds is 7. The molecule has 0 aliphatic rings. The van der Waals surface area contributed by atoms with Crippen molar-refractivity contribution in [3.8, 4) is 5.69 Å². The highest BCUT2D eigenvalue weighted by Gasteiger charge is 2.15. The fourth-order valence-corrected chi connectivity index (χ4v) is 3.74. The summed E-state index contributed by atoms with van der Waals surface area (Å²) < 4.78 is 33.9. The molecule has 4 aromatic rings. The van der Waals surface area contributed by atoms with Gasteiger partial charge in [0.15, 0.2) is 0 Å². The number of aromatic nitrogens is 2. The molecule has 0 aliphatic heterocycles. The van der Waals surface area contributed by atoms with E-state index in [0.717, 1.165) is 5.69 Å². The Morgan fingerprint density at radius 2 is 1.77 bits per heavy atom. The third kappa shape index (κ3) is 4.48. The molecule has 2 N–H and O–H groups in total. The van der Waals surface area contributed by atoms with Gasteiger partial charge in [0.05, 0.1) is 35.2 Å². The third-order valence-corrected chi connectivity index (χ3v) is 5.72. The largest absolute Gasteiger partial charge is 0.468 e. The van der Waals surface area contributed by atoms with E-state index >= 15 is 0 Å². The zero-order valence-electron chi connectivity index (χ0n) is 15.7. The SMILES string of the molecule is O=C(Nc1ccc(S(=O)(=O)NCc2ccco2)cc1)c1cnn(-c2ccccc2)c1. The number of nitrogens with one attached hydrogen (secondary N) is 2. The lowest BCUT2D eigenvalue weighted by molar-refractivity contribution is 0.102. The highest BCUT2D eigenvalue weighted by Crippen LogP contribution is 2.16. The Morgan fingerprint density at radius 1 is 1.00 bits per heavy atom. The van der Waals surface area contributed by atoms with Gasteiger partial charge in [-0.3, -0.25) is 4.79 Å². The molecule has 2 aromatic carbocycles. The highest BCUT2D eigenvalue weighted by molar-refractivity contribution is 7.89. The molecular formula is C21H18N4O4S. The number of nitrogens with zero attached hydrogens (tertiary/aromatic N) is 2. The minimum absolute atomic E-state index is 0.0548. The maximum Gasteiger partial charge on any atom is 0.258 e. The first kappa shape index (κ1) is 19.6. The molecule has 0 spiro atoms. The van der Waals surface area contributed by atoms with E-state index < -0.39 is 10.0 Å². The Balaban J connectivity index is 1.41. The van der Waals surface area contributed by atoms with Crippen molar-refractivity contribution in [3.63, 3.8) is 0 Å². The molecule has 0 bridgehead atoms. The van der Waals surface area contributed by atoms with Crippen molar-refractivity contribution in [2.45, 2.75) is 11.4 Å². The Kier molecular flexibility index (Phi) is 5.46. The number of benzene rings is 2. The molecule has 9 heteroatoms. The van der Waals surface area contributed by atoms with Gasteiger partial charge in [-0.25, -0.2) is 17.8 Å². The first-order valence-corrected chi connectivity index (χ1v) is 10.5. The Hall–Kier alpha value is -3.69. The van der Waals surface area contributed by atoms with E-state index in [0.29, 0.717) is 17.0 Å². The van der Waals surface area contributed by atoms with Crippen LogP contribution < -0.4 is 10.0 Å². The zero-order valence-corrected chi connectivity index (χ0v) is 16.5. The average Bonchev–Trinajstić information content (AvgIpc) is 3.46. The van der Waals surface area contributed by atoms with E-state index in [4.69, 9.17) is 4.42 Å². The van der Waals surface area contributed by atoms with Crippen LogP contribution in [0.25, 0.3) is 5.69 Å². The number of carbonyl (C=O) groups excluding carboxylic acids is 1. The Morgan fingerprint density at radius 3 is 2.47 bits per heavy atom. The van der Waals surface area contributed by atoms with Gasteiger partial charge in [-0.1, -0.05) is 18.2 Å². The molecule has 0 saturated carbocycles. The first-order chi connectivity index (χ1) is 14.5. The quantitative estimate of drug-likeness (QED) is 0.476. The molecule has 0 fully saturated rings. The van der Waals surface area contributed by atoms with E-state index in [-0.39, 0.29) is 17.3 Å². The van der Waals surface area contributed by atoms with Crippen LogP contribution >= 0.6 is 0 Å². The normalized spacial score (nSPS) is 11.3. The van der Waals surface area contributed by atoms with Crippen molar-refractivity contribution in [3.05, 3.63) is 96.7 Å². The smallest absolute Gasteiger partial charge is 0.258 e. The van der Waals surface area contributed by atoms with Gasteiger partial charge in [-0.05, 0) is 48.5 Å². The van der Waals surface area contributed by atoms with Gasteiger partial charge in [0.25, 0.3) is 5.91 Å². The van der Waals surface area contributed by atoms with Crippen LogP contribution in [0.1, 0.15) is 16.1 Å². The summed E-state index contributed by atoms with van der Waals surface area (Å²) in [5, 5.41) is 6.93. The lowest BCUT2D eigenvalue weighted by atomic mass is 10.3. The zero-order chi connectivity index (χ0) is 21.0. The molecule has 0 aliphatic carbocycles. The third-order valence-electron chi connectivity index (χ3n) is 4.30. The van der Waals surface area contributed by atoms with Crippen LogP contribution in [-0.4, -0.2) is 24.1 Å². The molecule has 2 aromatic heterocycles. The summed E-state index contributed by atoms with van der Waals surface area (Å²) in [6.45, 7) is 0.0548. The van der Waals surface area contributed by atoms with E-state index in [2.05, 4.69) is 15.1 Å². The van der Waals surface area contributed by atoms with Gasteiger partial charge in [0.2, 0.25) is 10.0 Å². The lowest BCUT2D eigenvalue weighted by Gasteiger charge is -2.07. The van der Waals surface area contributed by atoms with Crippen molar-refractivity contribution in [2.24, 2.45) is 0 Å². The molecule has 8 nitrogen and oxygen atoms in total. The molecule has 0 radical (unpaired) electrons. The number of hydrogen-bond acceptors (Lipinski definition) is 5. The predicted molar refractivity (Wildman–Crippen MR) is 111 cm³/mol. The second-order valence-corrected chi connectivity index (χ2v) is 8.16. The highest BCUT2D eigenvalue weighted by atomic mass is 32.2. The number of hydrogen-bond donors (Lipinski definition) is 2. The number of anilines is 1. The summed E-state index contributed by atoms with van der Waals surface area (Å²) in [5.41, 5.74) is 1.70. The molecule has 4 rings (SSSR count). The number of amides is 1. The molecule has 152 valence electrons. The monoisotopic (exact) mass is 422 g/mol. The number of carbonyl (C=O) groups is 1. The van der Waals surface area contributed by atoms with Crippen molar-refractivity contribution in [2.75, 3.05) is 5.32 Å². The summed E-state index contributed by atoms with van der Waals surface area (Å²) in [6.07, 6.45) is 4.58. The molecule has 2 heterocycles. The second-order valence-electron chi connectivity index (χ2n) is 6.39. The van der Waals surface area contributed by atoms with Crippen LogP contribution in [-0.2, 0) is 16.6 Å². The Bertz CT molecular complexity index is 1230. The summed E-state index contributed by atoms with van der Waals surface area (Å²) in [5.74, 6) is 0.169. The molecule has 1 amide bonds. The first-order valence-electron chi connectivity index (χ1n) is 9.05. The number of furan rings is 1. The van der Waals surface area contributed by atoms with Crippen LogP contribution in [0.3, 0.4) is 0 Å². The molecule has 30 heavy (non-hydrogen) atoms. The summed E-state index contributed by atoms with van der Waals surface area (Å²) in [6, 6.07) is 18.7. The van der Waals surface area contributed by atoms with Gasteiger partial charge in [-0.2, -0.15) is 5.10 Å². The maximum absolute atomic E-state index is 12.5. The fourth-order valence-electron chi connectivity index (χ4n) is 2.75. The van der Waals surface area contributed by atoms with Crippen molar-refractivity contribution in [1.29, 1.82) is 0 Å². The van der Waals surface area contributed by atoms with Gasteiger partial charge in [0, 0.05) is 11.9 Å². The second kappa shape index (κ2) is 8.36. The van der Waals surface area contributed by atoms with Crippen LogP contribution in [0.15, 0.2) is 94.7 Å². The van der Waals surface area contributed by atoms with E-state index in [1.807, 2.05) is 30.3 Å². The van der Waals surface area contributed by atoms with E-state index in [1.165, 1.54) is 36.7 Å². The maximum atomic E-state index is 12.5. The lowest BCUT2D eigenvalue weighted by Crippen LogP contribution is -2.23. The molecule has 0 saturated heterocycles. The van der Waals surface area contributed by atoms with Crippen molar-refractivity contribution >= 4 is 21.6 Å². The van der Waals surface area contributed by atoms with Crippen molar-refractivity contribution < 1.29 is 17.6 Å². The fraction of sp³-hybridized carbons (Fsp3) is 0.0476. The van der Waals surface area contributed by atoms with Crippen molar-refractivity contribution in [1.82, 2.24) is 14.5 Å². The number of sulfonamides is 1. The van der Waals surface area contributed by atoms with E-state index in [1.54, 1.807) is 23.0 Å². The van der Waals surface area contributed by atoms with Gasteiger partial charge in [-0.15, -0.1) is 0 Å². The summed E-state index contributed by atoms with van der Waals surface area (Å²) >= 11 is 0. The van der Waals surface area contributed by atoms with Crippen LogP contribution in [0.5, 0.6) is 0 Å². The average molecular weight is 422 g/mol. The van der Waals surface area contributed by atoms with Crippen LogP contribution in [0.4, 0.5) is 5.69 Å². The van der Waals surface area contributed by atoms with Gasteiger partial charge >= 0.3 is 0 Å². The number of para-hydroxylation sites is 1. The standard InChI is InChI=1S/C21H18N4O4S/c26-21(16-13-22-25(15-16)18-5-2-1-3-6-18)24-17-8-10-20(11-9-17)30(27,28)23-14-19-7-4-12-29-19/h1-13,15,23H,14H2,(H,24,26). The van der Waals surface area contributed by atoms with E-state index in [9.17, 15) is 13.2 Å². The minimum atomic E-state index is -3.70. The Labute approximate surface area is 173 Å².